The third kappa shape index (κ3) is 3.65. The summed E-state index contributed by atoms with van der Waals surface area (Å²) >= 11 is 0. The third-order valence-corrected chi connectivity index (χ3v) is 4.82. The molecule has 2 rings (SSSR count). The van der Waals surface area contributed by atoms with Gasteiger partial charge in [-0.15, -0.1) is 0 Å². The largest absolute Gasteiger partial charge is 0.290 e. The van der Waals surface area contributed by atoms with Gasteiger partial charge in [0.25, 0.3) is 15.7 Å². The van der Waals surface area contributed by atoms with Gasteiger partial charge in [-0.1, -0.05) is 13.8 Å². The minimum absolute atomic E-state index is 0.0610. The summed E-state index contributed by atoms with van der Waals surface area (Å²) in [4.78, 5) is 21.8. The molecule has 8 heteroatoms. The summed E-state index contributed by atoms with van der Waals surface area (Å²) in [6.45, 7) is 5.27. The molecule has 0 atom stereocenters. The van der Waals surface area contributed by atoms with Crippen molar-refractivity contribution in [2.75, 3.05) is 0 Å². The molecule has 0 saturated heterocycles. The second-order valence-electron chi connectivity index (χ2n) is 5.65. The molecule has 7 nitrogen and oxygen atoms in total. The lowest BCUT2D eigenvalue weighted by atomic mass is 9.90. The molecule has 0 heterocycles. The molecule has 1 aliphatic rings. The van der Waals surface area contributed by atoms with Crippen molar-refractivity contribution in [3.05, 3.63) is 57.7 Å². The van der Waals surface area contributed by atoms with Gasteiger partial charge in [-0.25, -0.2) is 0 Å². The first-order chi connectivity index (χ1) is 11.1. The minimum atomic E-state index is -4.03. The molecule has 0 amide bonds. The van der Waals surface area contributed by atoms with E-state index < -0.39 is 14.9 Å². The van der Waals surface area contributed by atoms with Crippen LogP contribution in [0.25, 0.3) is 0 Å². The van der Waals surface area contributed by atoms with Gasteiger partial charge in [0.15, 0.2) is 5.78 Å². The first-order valence-electron chi connectivity index (χ1n) is 7.16. The summed E-state index contributed by atoms with van der Waals surface area (Å²) in [5.41, 5.74) is 0.924. The van der Waals surface area contributed by atoms with E-state index in [1.807, 2.05) is 13.8 Å². The average Bonchev–Trinajstić information content (AvgIpc) is 2.49. The Balaban J connectivity index is 2.46. The number of hydrogen-bond acceptors (Lipinski definition) is 5. The number of hydrogen-bond donors (Lipinski definition) is 0. The summed E-state index contributed by atoms with van der Waals surface area (Å²) in [5, 5.41) is 10.6. The molecule has 0 aromatic heterocycles. The van der Waals surface area contributed by atoms with Crippen molar-refractivity contribution in [1.82, 2.24) is 0 Å². The van der Waals surface area contributed by atoms with Crippen LogP contribution in [0.15, 0.2) is 56.9 Å². The average molecular weight is 348 g/mol. The zero-order chi connectivity index (χ0) is 18.1. The van der Waals surface area contributed by atoms with Gasteiger partial charge < -0.3 is 0 Å². The van der Waals surface area contributed by atoms with Gasteiger partial charge in [-0.05, 0) is 42.7 Å². The van der Waals surface area contributed by atoms with Crippen molar-refractivity contribution in [3.63, 3.8) is 0 Å². The summed E-state index contributed by atoms with van der Waals surface area (Å²) in [6, 6.07) is 4.49. The van der Waals surface area contributed by atoms with Crippen molar-refractivity contribution in [2.24, 2.45) is 10.3 Å². The van der Waals surface area contributed by atoms with Crippen LogP contribution < -0.4 is 0 Å². The predicted molar refractivity (Wildman–Crippen MR) is 89.4 cm³/mol. The zero-order valence-corrected chi connectivity index (χ0v) is 14.2. The number of non-ortho nitro benzene ring substituents is 1. The van der Waals surface area contributed by atoms with Gasteiger partial charge >= 0.3 is 0 Å². The molecule has 0 spiro atoms. The number of allylic oxidation sites excluding steroid dienone is 4. The van der Waals surface area contributed by atoms with Crippen LogP contribution in [0.2, 0.25) is 0 Å². The van der Waals surface area contributed by atoms with Crippen molar-refractivity contribution >= 4 is 27.2 Å². The van der Waals surface area contributed by atoms with E-state index in [2.05, 4.69) is 4.40 Å². The minimum Gasteiger partial charge on any atom is -0.290 e. The number of nitro benzene ring substituents is 1. The Bertz CT molecular complexity index is 891. The standard InChI is InChI=1S/C16H16N2O5S/c1-10(2)14-9-15(11(3)8-16(14)19)17-24(22,23)13-6-4-12(5-7-13)18(20)21/h4-10H,1-3H3/b17-15+. The monoisotopic (exact) mass is 348 g/mol. The molecule has 1 aromatic carbocycles. The molecule has 0 radical (unpaired) electrons. The van der Waals surface area contributed by atoms with E-state index in [-0.39, 0.29) is 28.0 Å². The third-order valence-electron chi connectivity index (χ3n) is 3.51. The number of carbonyl (C=O) groups is 1. The summed E-state index contributed by atoms with van der Waals surface area (Å²) in [5.74, 6) is -0.219. The Labute approximate surface area is 139 Å². The molecule has 24 heavy (non-hydrogen) atoms. The molecule has 0 unspecified atom stereocenters. The van der Waals surface area contributed by atoms with E-state index in [1.165, 1.54) is 12.2 Å². The molecule has 0 bridgehead atoms. The molecule has 0 fully saturated rings. The van der Waals surface area contributed by atoms with Crippen LogP contribution >= 0.6 is 0 Å². The van der Waals surface area contributed by atoms with Crippen LogP contribution in [-0.2, 0) is 14.8 Å². The van der Waals surface area contributed by atoms with Gasteiger partial charge in [0.1, 0.15) is 0 Å². The van der Waals surface area contributed by atoms with Crippen LogP contribution in [0.1, 0.15) is 20.8 Å². The van der Waals surface area contributed by atoms with E-state index in [0.29, 0.717) is 11.1 Å². The van der Waals surface area contributed by atoms with Crippen LogP contribution in [0.4, 0.5) is 5.69 Å². The van der Waals surface area contributed by atoms with E-state index >= 15 is 0 Å². The Kier molecular flexibility index (Phi) is 4.79. The fraction of sp³-hybridized carbons (Fsp3) is 0.250. The predicted octanol–water partition coefficient (Wildman–Crippen LogP) is 2.84. The normalized spacial score (nSPS) is 17.0. The molecule has 0 aliphatic heterocycles. The highest BCUT2D eigenvalue weighted by Gasteiger charge is 2.22. The maximum atomic E-state index is 12.4. The highest BCUT2D eigenvalue weighted by molar-refractivity contribution is 7.90. The van der Waals surface area contributed by atoms with E-state index in [9.17, 15) is 23.3 Å². The van der Waals surface area contributed by atoms with Gasteiger partial charge in [-0.3, -0.25) is 14.9 Å². The number of carbonyl (C=O) groups excluding carboxylic acids is 1. The van der Waals surface area contributed by atoms with Gasteiger partial charge in [-0.2, -0.15) is 12.8 Å². The first-order valence-corrected chi connectivity index (χ1v) is 8.60. The number of sulfonamides is 1. The number of benzene rings is 1. The fourth-order valence-electron chi connectivity index (χ4n) is 2.16. The Morgan fingerprint density at radius 1 is 1.12 bits per heavy atom. The highest BCUT2D eigenvalue weighted by atomic mass is 32.2. The summed E-state index contributed by atoms with van der Waals surface area (Å²) in [6.07, 6.45) is 2.84. The molecule has 0 saturated carbocycles. The smallest absolute Gasteiger partial charge is 0.282 e. The Morgan fingerprint density at radius 3 is 2.21 bits per heavy atom. The first kappa shape index (κ1) is 17.7. The highest BCUT2D eigenvalue weighted by Crippen LogP contribution is 2.22. The molecular formula is C16H16N2O5S. The lowest BCUT2D eigenvalue weighted by Gasteiger charge is -2.15. The number of rotatable bonds is 4. The fourth-order valence-corrected chi connectivity index (χ4v) is 3.20. The number of ketones is 1. The second-order valence-corrected chi connectivity index (χ2v) is 7.25. The summed E-state index contributed by atoms with van der Waals surface area (Å²) in [7, 11) is -4.03. The topological polar surface area (TPSA) is 107 Å². The SMILES string of the molecule is CC1=CC(=O)C(C(C)C)=C/C1=N\S(=O)(=O)c1ccc([N+](=O)[O-])cc1. The van der Waals surface area contributed by atoms with Crippen LogP contribution in [0.3, 0.4) is 0 Å². The van der Waals surface area contributed by atoms with Gasteiger partial charge in [0.05, 0.1) is 15.5 Å². The van der Waals surface area contributed by atoms with E-state index in [4.69, 9.17) is 0 Å². The molecular weight excluding hydrogens is 332 g/mol. The van der Waals surface area contributed by atoms with Crippen molar-refractivity contribution < 1.29 is 18.1 Å². The van der Waals surface area contributed by atoms with Gasteiger partial charge in [0.2, 0.25) is 0 Å². The van der Waals surface area contributed by atoms with Crippen molar-refractivity contribution in [2.45, 2.75) is 25.7 Å². The lowest BCUT2D eigenvalue weighted by Crippen LogP contribution is -2.16. The maximum Gasteiger partial charge on any atom is 0.282 e. The number of nitrogens with zero attached hydrogens (tertiary/aromatic N) is 2. The summed E-state index contributed by atoms with van der Waals surface area (Å²) < 4.78 is 28.6. The quantitative estimate of drug-likeness (QED) is 0.472. The van der Waals surface area contributed by atoms with Crippen LogP contribution in [0.5, 0.6) is 0 Å². The van der Waals surface area contributed by atoms with Crippen molar-refractivity contribution in [3.8, 4) is 0 Å². The zero-order valence-electron chi connectivity index (χ0n) is 13.4. The number of nitro groups is 1. The molecule has 126 valence electrons. The van der Waals surface area contributed by atoms with Crippen LogP contribution in [-0.4, -0.2) is 24.8 Å². The Morgan fingerprint density at radius 2 is 1.71 bits per heavy atom. The maximum absolute atomic E-state index is 12.4. The van der Waals surface area contributed by atoms with E-state index in [0.717, 1.165) is 24.3 Å². The molecule has 1 aromatic rings. The lowest BCUT2D eigenvalue weighted by molar-refractivity contribution is -0.384. The second kappa shape index (κ2) is 6.48. The van der Waals surface area contributed by atoms with Crippen LogP contribution in [0, 0.1) is 16.0 Å². The molecule has 0 N–H and O–H groups in total. The Hall–Kier alpha value is -2.61. The van der Waals surface area contributed by atoms with E-state index in [1.54, 1.807) is 6.92 Å². The van der Waals surface area contributed by atoms with Gasteiger partial charge in [0, 0.05) is 17.7 Å². The van der Waals surface area contributed by atoms with Crippen molar-refractivity contribution in [1.29, 1.82) is 0 Å². The molecule has 1 aliphatic carbocycles.